The van der Waals surface area contributed by atoms with E-state index in [2.05, 4.69) is 5.32 Å². The summed E-state index contributed by atoms with van der Waals surface area (Å²) in [7, 11) is 3.86. The van der Waals surface area contributed by atoms with Crippen molar-refractivity contribution in [2.75, 3.05) is 27.2 Å². The molecule has 0 aliphatic heterocycles. The van der Waals surface area contributed by atoms with E-state index in [1.807, 2.05) is 19.0 Å². The number of pyridine rings is 1. The van der Waals surface area contributed by atoms with E-state index in [1.165, 1.54) is 23.8 Å². The lowest BCUT2D eigenvalue weighted by atomic mass is 10.0. The number of ether oxygens (including phenoxy) is 1. The predicted octanol–water partition coefficient (Wildman–Crippen LogP) is 1.28. The fourth-order valence-corrected chi connectivity index (χ4v) is 3.21. The van der Waals surface area contributed by atoms with Gasteiger partial charge in [0.1, 0.15) is 0 Å². The van der Waals surface area contributed by atoms with Gasteiger partial charge >= 0.3 is 5.97 Å². The first-order chi connectivity index (χ1) is 15.6. The highest BCUT2D eigenvalue weighted by Gasteiger charge is 2.20. The number of amides is 1. The van der Waals surface area contributed by atoms with Gasteiger partial charge in [-0.3, -0.25) is 19.2 Å². The Morgan fingerprint density at radius 2 is 1.97 bits per heavy atom. The van der Waals surface area contributed by atoms with Gasteiger partial charge in [0.2, 0.25) is 5.91 Å². The standard InChI is InChI=1S/C24H35N3O6/c1-5-33-23(31)13-7-6-12-21(25-18(2)28)22(30)16-19-10-8-15-27(24(19)32)17-20(29)11-9-14-26(3)4/h7-8,10,13,15,21H,5-6,9,11-12,14,16-17H2,1-4H3,(H,25,28)/b13-7+/t21-/m0/s1. The summed E-state index contributed by atoms with van der Waals surface area (Å²) in [5.41, 5.74) is -0.128. The lowest BCUT2D eigenvalue weighted by molar-refractivity contribution is -0.137. The molecule has 1 atom stereocenters. The van der Waals surface area contributed by atoms with Crippen molar-refractivity contribution in [2.45, 2.75) is 58.5 Å². The van der Waals surface area contributed by atoms with Crippen LogP contribution < -0.4 is 10.9 Å². The van der Waals surface area contributed by atoms with Crippen LogP contribution in [0.2, 0.25) is 0 Å². The van der Waals surface area contributed by atoms with Crippen molar-refractivity contribution in [2.24, 2.45) is 0 Å². The Bertz CT molecular complexity index is 904. The van der Waals surface area contributed by atoms with Gasteiger partial charge in [0.25, 0.3) is 5.56 Å². The van der Waals surface area contributed by atoms with Crippen molar-refractivity contribution in [1.82, 2.24) is 14.8 Å². The Labute approximate surface area is 194 Å². The summed E-state index contributed by atoms with van der Waals surface area (Å²) in [6, 6.07) is 2.39. The zero-order valence-corrected chi connectivity index (χ0v) is 20.0. The first-order valence-electron chi connectivity index (χ1n) is 11.1. The molecular formula is C24H35N3O6. The Morgan fingerprint density at radius 3 is 2.61 bits per heavy atom. The highest BCUT2D eigenvalue weighted by molar-refractivity contribution is 5.90. The summed E-state index contributed by atoms with van der Waals surface area (Å²) < 4.78 is 6.11. The smallest absolute Gasteiger partial charge is 0.330 e. The first-order valence-corrected chi connectivity index (χ1v) is 11.1. The minimum absolute atomic E-state index is 0.0396. The lowest BCUT2D eigenvalue weighted by Crippen LogP contribution is -2.41. The molecule has 0 unspecified atom stereocenters. The van der Waals surface area contributed by atoms with Gasteiger partial charge in [-0.2, -0.15) is 0 Å². The highest BCUT2D eigenvalue weighted by Crippen LogP contribution is 2.06. The quantitative estimate of drug-likeness (QED) is 0.309. The number of rotatable bonds is 15. The largest absolute Gasteiger partial charge is 0.463 e. The van der Waals surface area contributed by atoms with Gasteiger partial charge in [-0.05, 0) is 52.9 Å². The second-order valence-electron chi connectivity index (χ2n) is 8.04. The number of nitrogens with zero attached hydrogens (tertiary/aromatic N) is 2. The van der Waals surface area contributed by atoms with E-state index in [1.54, 1.807) is 25.1 Å². The molecule has 1 amide bonds. The zero-order chi connectivity index (χ0) is 24.8. The summed E-state index contributed by atoms with van der Waals surface area (Å²) in [6.45, 7) is 4.03. The Morgan fingerprint density at radius 1 is 1.24 bits per heavy atom. The van der Waals surface area contributed by atoms with E-state index in [4.69, 9.17) is 4.74 Å². The van der Waals surface area contributed by atoms with Gasteiger partial charge < -0.3 is 19.5 Å². The molecule has 182 valence electrons. The van der Waals surface area contributed by atoms with Gasteiger partial charge in [-0.15, -0.1) is 0 Å². The number of allylic oxidation sites excluding steroid dienone is 1. The highest BCUT2D eigenvalue weighted by atomic mass is 16.5. The number of carbonyl (C=O) groups excluding carboxylic acids is 4. The number of ketones is 2. The summed E-state index contributed by atoms with van der Waals surface area (Å²) in [5.74, 6) is -1.20. The van der Waals surface area contributed by atoms with Gasteiger partial charge in [-0.1, -0.05) is 12.1 Å². The second-order valence-corrected chi connectivity index (χ2v) is 8.04. The Kier molecular flexibility index (Phi) is 12.6. The third kappa shape index (κ3) is 11.4. The molecule has 0 saturated carbocycles. The molecule has 0 aliphatic carbocycles. The van der Waals surface area contributed by atoms with E-state index < -0.39 is 17.6 Å². The number of Topliss-reactive ketones (excluding diaryl/α,β-unsaturated/α-hetero) is 2. The lowest BCUT2D eigenvalue weighted by Gasteiger charge is -2.16. The van der Waals surface area contributed by atoms with Gasteiger partial charge in [0, 0.05) is 37.6 Å². The molecule has 0 radical (unpaired) electrons. The molecule has 9 nitrogen and oxygen atoms in total. The molecule has 0 aliphatic rings. The molecule has 1 N–H and O–H groups in total. The average molecular weight is 462 g/mol. The summed E-state index contributed by atoms with van der Waals surface area (Å²) in [5, 5.41) is 2.61. The fraction of sp³-hybridized carbons (Fsp3) is 0.542. The van der Waals surface area contributed by atoms with Crippen molar-refractivity contribution in [1.29, 1.82) is 0 Å². The van der Waals surface area contributed by atoms with Crippen LogP contribution in [-0.2, 0) is 36.9 Å². The van der Waals surface area contributed by atoms with Gasteiger partial charge in [0.05, 0.1) is 19.2 Å². The van der Waals surface area contributed by atoms with Crippen LogP contribution in [0, 0.1) is 0 Å². The molecule has 9 heteroatoms. The van der Waals surface area contributed by atoms with Crippen molar-refractivity contribution in [3.63, 3.8) is 0 Å². The minimum atomic E-state index is -0.796. The molecule has 33 heavy (non-hydrogen) atoms. The molecular weight excluding hydrogens is 426 g/mol. The van der Waals surface area contributed by atoms with E-state index in [-0.39, 0.29) is 49.0 Å². The molecule has 0 bridgehead atoms. The topological polar surface area (TPSA) is 115 Å². The SMILES string of the molecule is CCOC(=O)/C=C/CC[C@H](NC(C)=O)C(=O)Cc1cccn(CC(=O)CCCN(C)C)c1=O. The normalized spacial score (nSPS) is 12.0. The van der Waals surface area contributed by atoms with E-state index in [0.29, 0.717) is 19.3 Å². The van der Waals surface area contributed by atoms with Crippen LogP contribution in [0.4, 0.5) is 0 Å². The number of esters is 1. The van der Waals surface area contributed by atoms with E-state index in [0.717, 1.165) is 6.54 Å². The molecule has 0 aromatic carbocycles. The maximum Gasteiger partial charge on any atom is 0.330 e. The molecule has 1 aromatic heterocycles. The molecule has 1 aromatic rings. The van der Waals surface area contributed by atoms with Crippen molar-refractivity contribution in [3.8, 4) is 0 Å². The number of aromatic nitrogens is 1. The Balaban J connectivity index is 2.79. The van der Waals surface area contributed by atoms with Gasteiger partial charge in [0.15, 0.2) is 11.6 Å². The average Bonchev–Trinajstić information content (AvgIpc) is 2.72. The number of hydrogen-bond donors (Lipinski definition) is 1. The van der Waals surface area contributed by atoms with Crippen LogP contribution >= 0.6 is 0 Å². The van der Waals surface area contributed by atoms with Crippen LogP contribution in [0.3, 0.4) is 0 Å². The first kappa shape index (κ1) is 28.0. The van der Waals surface area contributed by atoms with Crippen LogP contribution in [0.1, 0.15) is 45.1 Å². The monoisotopic (exact) mass is 461 g/mol. The zero-order valence-electron chi connectivity index (χ0n) is 20.0. The van der Waals surface area contributed by atoms with E-state index >= 15 is 0 Å². The maximum atomic E-state index is 12.8. The fourth-order valence-electron chi connectivity index (χ4n) is 3.21. The van der Waals surface area contributed by atoms with Gasteiger partial charge in [-0.25, -0.2) is 4.79 Å². The van der Waals surface area contributed by atoms with E-state index in [9.17, 15) is 24.0 Å². The Hall–Kier alpha value is -3.07. The summed E-state index contributed by atoms with van der Waals surface area (Å²) in [4.78, 5) is 62.7. The summed E-state index contributed by atoms with van der Waals surface area (Å²) in [6.07, 6.45) is 5.96. The van der Waals surface area contributed by atoms with Crippen molar-refractivity contribution < 1.29 is 23.9 Å². The third-order valence-corrected chi connectivity index (χ3v) is 4.80. The van der Waals surface area contributed by atoms with Crippen LogP contribution in [0.15, 0.2) is 35.3 Å². The van der Waals surface area contributed by atoms with Crippen LogP contribution in [0.5, 0.6) is 0 Å². The summed E-state index contributed by atoms with van der Waals surface area (Å²) >= 11 is 0. The van der Waals surface area contributed by atoms with Crippen LogP contribution in [0.25, 0.3) is 0 Å². The minimum Gasteiger partial charge on any atom is -0.463 e. The molecule has 0 saturated heterocycles. The second kappa shape index (κ2) is 14.9. The number of hydrogen-bond acceptors (Lipinski definition) is 7. The predicted molar refractivity (Wildman–Crippen MR) is 125 cm³/mol. The van der Waals surface area contributed by atoms with Crippen LogP contribution in [-0.4, -0.2) is 66.2 Å². The molecule has 1 rings (SSSR count). The maximum absolute atomic E-state index is 12.8. The number of nitrogens with one attached hydrogen (secondary N) is 1. The van der Waals surface area contributed by atoms with Crippen molar-refractivity contribution >= 4 is 23.4 Å². The number of carbonyl (C=O) groups is 4. The molecule has 0 spiro atoms. The molecule has 0 fully saturated rings. The molecule has 1 heterocycles. The third-order valence-electron chi connectivity index (χ3n) is 4.80. The van der Waals surface area contributed by atoms with Crippen molar-refractivity contribution in [3.05, 3.63) is 46.4 Å².